The van der Waals surface area contributed by atoms with Crippen LogP contribution in [0.5, 0.6) is 0 Å². The predicted molar refractivity (Wildman–Crippen MR) is 76.7 cm³/mol. The summed E-state index contributed by atoms with van der Waals surface area (Å²) in [6.45, 7) is 2.68. The molecule has 0 amide bonds. The smallest absolute Gasteiger partial charge is 0.242 e. The first-order chi connectivity index (χ1) is 8.97. The molecular formula is C13H19ClN2O2S. The third kappa shape index (κ3) is 3.48. The fourth-order valence-corrected chi connectivity index (χ4v) is 4.04. The van der Waals surface area contributed by atoms with E-state index in [1.54, 1.807) is 12.1 Å². The molecule has 0 aromatic heterocycles. The van der Waals surface area contributed by atoms with Crippen LogP contribution in [-0.2, 0) is 16.6 Å². The Balaban J connectivity index is 2.21. The third-order valence-electron chi connectivity index (χ3n) is 3.42. The highest BCUT2D eigenvalue weighted by Crippen LogP contribution is 2.35. The molecule has 0 spiro atoms. The molecule has 2 N–H and O–H groups in total. The Hall–Kier alpha value is -0.620. The molecule has 2 unspecified atom stereocenters. The Kier molecular flexibility index (Phi) is 4.50. The second-order valence-corrected chi connectivity index (χ2v) is 7.02. The quantitative estimate of drug-likeness (QED) is 0.846. The maximum atomic E-state index is 12.3. The number of sulfonamides is 1. The molecule has 1 aliphatic carbocycles. The van der Waals surface area contributed by atoms with Gasteiger partial charge in [0, 0.05) is 12.6 Å². The van der Waals surface area contributed by atoms with Gasteiger partial charge in [0.1, 0.15) is 4.90 Å². The summed E-state index contributed by atoms with van der Waals surface area (Å²) in [5, 5.41) is 3.26. The van der Waals surface area contributed by atoms with Crippen molar-refractivity contribution in [1.29, 1.82) is 0 Å². The van der Waals surface area contributed by atoms with Crippen LogP contribution in [0.25, 0.3) is 0 Å². The molecule has 4 nitrogen and oxygen atoms in total. The van der Waals surface area contributed by atoms with Crippen LogP contribution < -0.4 is 10.0 Å². The molecule has 6 heteroatoms. The van der Waals surface area contributed by atoms with Crippen molar-refractivity contribution in [3.63, 3.8) is 0 Å². The molecule has 1 aliphatic rings. The van der Waals surface area contributed by atoms with Crippen LogP contribution in [-0.4, -0.2) is 21.5 Å². The Morgan fingerprint density at radius 1 is 1.42 bits per heavy atom. The molecule has 1 fully saturated rings. The van der Waals surface area contributed by atoms with E-state index >= 15 is 0 Å². The fourth-order valence-electron chi connectivity index (χ4n) is 2.17. The van der Waals surface area contributed by atoms with Crippen molar-refractivity contribution in [2.75, 3.05) is 7.05 Å². The number of halogens is 1. The van der Waals surface area contributed by atoms with Crippen molar-refractivity contribution in [2.24, 2.45) is 5.92 Å². The molecule has 0 bridgehead atoms. The highest BCUT2D eigenvalue weighted by Gasteiger charge is 2.39. The molecule has 1 saturated carbocycles. The molecule has 19 heavy (non-hydrogen) atoms. The van der Waals surface area contributed by atoms with Gasteiger partial charge in [0.2, 0.25) is 10.0 Å². The number of hydrogen-bond acceptors (Lipinski definition) is 3. The van der Waals surface area contributed by atoms with Crippen LogP contribution >= 0.6 is 11.6 Å². The van der Waals surface area contributed by atoms with Crippen LogP contribution in [0.1, 0.15) is 25.3 Å². The zero-order valence-corrected chi connectivity index (χ0v) is 12.7. The van der Waals surface area contributed by atoms with Crippen molar-refractivity contribution in [2.45, 2.75) is 37.2 Å². The normalized spacial score (nSPS) is 22.5. The largest absolute Gasteiger partial charge is 0.316 e. The van der Waals surface area contributed by atoms with Gasteiger partial charge in [-0.05, 0) is 37.1 Å². The SMILES string of the molecule is CCC1CC1NS(=O)(=O)c1cc(CNC)ccc1Cl. The number of nitrogens with one attached hydrogen (secondary N) is 2. The summed E-state index contributed by atoms with van der Waals surface area (Å²) in [5.41, 5.74) is 0.898. The zero-order chi connectivity index (χ0) is 14.0. The first-order valence-corrected chi connectivity index (χ1v) is 8.29. The Morgan fingerprint density at radius 3 is 2.74 bits per heavy atom. The van der Waals surface area contributed by atoms with E-state index in [1.165, 1.54) is 0 Å². The highest BCUT2D eigenvalue weighted by atomic mass is 35.5. The van der Waals surface area contributed by atoms with Gasteiger partial charge in [-0.2, -0.15) is 0 Å². The number of rotatable bonds is 6. The summed E-state index contributed by atoms with van der Waals surface area (Å²) in [6.07, 6.45) is 1.92. The fraction of sp³-hybridized carbons (Fsp3) is 0.538. The molecule has 0 radical (unpaired) electrons. The van der Waals surface area contributed by atoms with Gasteiger partial charge in [-0.15, -0.1) is 0 Å². The monoisotopic (exact) mass is 302 g/mol. The lowest BCUT2D eigenvalue weighted by Crippen LogP contribution is -2.27. The molecule has 2 rings (SSSR count). The minimum Gasteiger partial charge on any atom is -0.316 e. The highest BCUT2D eigenvalue weighted by molar-refractivity contribution is 7.89. The van der Waals surface area contributed by atoms with E-state index in [4.69, 9.17) is 11.6 Å². The summed E-state index contributed by atoms with van der Waals surface area (Å²) >= 11 is 6.02. The van der Waals surface area contributed by atoms with Gasteiger partial charge in [0.05, 0.1) is 5.02 Å². The molecule has 2 atom stereocenters. The molecule has 0 heterocycles. The summed E-state index contributed by atoms with van der Waals surface area (Å²) < 4.78 is 27.3. The molecule has 106 valence electrons. The molecule has 1 aromatic carbocycles. The van der Waals surface area contributed by atoms with Crippen LogP contribution in [0.15, 0.2) is 23.1 Å². The van der Waals surface area contributed by atoms with Crippen molar-refractivity contribution in [3.8, 4) is 0 Å². The maximum Gasteiger partial charge on any atom is 0.242 e. The Bertz CT molecular complexity index is 560. The lowest BCUT2D eigenvalue weighted by atomic mass is 10.2. The van der Waals surface area contributed by atoms with Crippen molar-refractivity contribution in [1.82, 2.24) is 10.0 Å². The van der Waals surface area contributed by atoms with Gasteiger partial charge < -0.3 is 5.32 Å². The van der Waals surface area contributed by atoms with Gasteiger partial charge >= 0.3 is 0 Å². The summed E-state index contributed by atoms with van der Waals surface area (Å²) in [6, 6.07) is 5.15. The van der Waals surface area contributed by atoms with E-state index in [0.717, 1.165) is 18.4 Å². The van der Waals surface area contributed by atoms with Gasteiger partial charge in [-0.25, -0.2) is 13.1 Å². The van der Waals surface area contributed by atoms with Crippen molar-refractivity contribution < 1.29 is 8.42 Å². The molecular weight excluding hydrogens is 284 g/mol. The lowest BCUT2D eigenvalue weighted by Gasteiger charge is -2.10. The molecule has 0 saturated heterocycles. The summed E-state index contributed by atoms with van der Waals surface area (Å²) in [4.78, 5) is 0.170. The van der Waals surface area contributed by atoms with Crippen LogP contribution in [0.3, 0.4) is 0 Å². The molecule has 1 aromatic rings. The first kappa shape index (κ1) is 14.8. The Morgan fingerprint density at radius 2 is 2.16 bits per heavy atom. The lowest BCUT2D eigenvalue weighted by molar-refractivity contribution is 0.575. The summed E-state index contributed by atoms with van der Waals surface area (Å²) in [7, 11) is -1.70. The van der Waals surface area contributed by atoms with Crippen molar-refractivity contribution >= 4 is 21.6 Å². The van der Waals surface area contributed by atoms with Crippen LogP contribution in [0.4, 0.5) is 0 Å². The second kappa shape index (κ2) is 5.79. The number of hydrogen-bond donors (Lipinski definition) is 2. The average molecular weight is 303 g/mol. The van der Waals surface area contributed by atoms with E-state index in [2.05, 4.69) is 17.0 Å². The average Bonchev–Trinajstić information content (AvgIpc) is 3.09. The topological polar surface area (TPSA) is 58.2 Å². The maximum absolute atomic E-state index is 12.3. The van der Waals surface area contributed by atoms with Crippen molar-refractivity contribution in [3.05, 3.63) is 28.8 Å². The van der Waals surface area contributed by atoms with E-state index < -0.39 is 10.0 Å². The van der Waals surface area contributed by atoms with Gasteiger partial charge in [-0.3, -0.25) is 0 Å². The minimum absolute atomic E-state index is 0.0685. The standard InChI is InChI=1S/C13H19ClN2O2S/c1-3-10-7-12(10)16-19(17,18)13-6-9(8-15-2)4-5-11(13)14/h4-6,10,12,15-16H,3,7-8H2,1-2H3. The van der Waals surface area contributed by atoms with E-state index in [1.807, 2.05) is 13.1 Å². The van der Waals surface area contributed by atoms with Crippen LogP contribution in [0.2, 0.25) is 5.02 Å². The van der Waals surface area contributed by atoms with E-state index in [-0.39, 0.29) is 16.0 Å². The zero-order valence-electron chi connectivity index (χ0n) is 11.1. The minimum atomic E-state index is -3.52. The number of benzene rings is 1. The third-order valence-corrected chi connectivity index (χ3v) is 5.39. The van der Waals surface area contributed by atoms with E-state index in [0.29, 0.717) is 12.5 Å². The summed E-state index contributed by atoms with van der Waals surface area (Å²) in [5.74, 6) is 0.467. The first-order valence-electron chi connectivity index (χ1n) is 6.43. The molecule has 0 aliphatic heterocycles. The van der Waals surface area contributed by atoms with Gasteiger partial charge in [0.25, 0.3) is 0 Å². The predicted octanol–water partition coefficient (Wildman–Crippen LogP) is 2.14. The van der Waals surface area contributed by atoms with Crippen LogP contribution in [0, 0.1) is 5.92 Å². The van der Waals surface area contributed by atoms with Gasteiger partial charge in [0.15, 0.2) is 0 Å². The second-order valence-electron chi connectivity index (χ2n) is 4.93. The van der Waals surface area contributed by atoms with E-state index in [9.17, 15) is 8.42 Å². The Labute approximate surface area is 119 Å². The van der Waals surface area contributed by atoms with Gasteiger partial charge in [-0.1, -0.05) is 31.0 Å².